The number of carbonyl (C=O) groups is 2. The molecule has 2 rings (SSSR count). The number of hydrogen-bond acceptors (Lipinski definition) is 3. The van der Waals surface area contributed by atoms with Crippen LogP contribution in [0.5, 0.6) is 0 Å². The van der Waals surface area contributed by atoms with Crippen molar-refractivity contribution in [2.75, 3.05) is 72.5 Å². The number of rotatable bonds is 2. The lowest BCUT2D eigenvalue weighted by Crippen LogP contribution is -2.58. The summed E-state index contributed by atoms with van der Waals surface area (Å²) in [6.07, 6.45) is 0. The summed E-state index contributed by atoms with van der Waals surface area (Å²) in [5.41, 5.74) is 0. The molecule has 7 heteroatoms. The number of piperazine rings is 2. The topological polar surface area (TPSA) is 50.3 Å². The molecule has 0 atom stereocenters. The highest BCUT2D eigenvalue weighted by Crippen LogP contribution is 2.10. The van der Waals surface area contributed by atoms with Crippen LogP contribution in [-0.2, 0) is 0 Å². The molecule has 22 heavy (non-hydrogen) atoms. The predicted molar refractivity (Wildman–Crippen MR) is 85.9 cm³/mol. The zero-order chi connectivity index (χ0) is 16.1. The number of carbonyl (C=O) groups excluding carboxylic acids is 2. The third-order valence-electron chi connectivity index (χ3n) is 4.63. The highest BCUT2D eigenvalue weighted by atomic mass is 16.2. The highest BCUT2D eigenvalue weighted by molar-refractivity contribution is 5.77. The Morgan fingerprint density at radius 1 is 0.773 bits per heavy atom. The number of hydrogen-bond donors (Lipinski definition) is 0. The summed E-state index contributed by atoms with van der Waals surface area (Å²) < 4.78 is 0. The van der Waals surface area contributed by atoms with Gasteiger partial charge in [-0.3, -0.25) is 0 Å². The van der Waals surface area contributed by atoms with Crippen LogP contribution in [0.25, 0.3) is 0 Å². The molecule has 2 aliphatic heterocycles. The normalized spacial score (nSPS) is 20.2. The van der Waals surface area contributed by atoms with Crippen LogP contribution in [0.3, 0.4) is 0 Å². The van der Waals surface area contributed by atoms with E-state index < -0.39 is 0 Å². The molecule has 2 aliphatic rings. The summed E-state index contributed by atoms with van der Waals surface area (Å²) >= 11 is 0. The number of likely N-dealkylation sites (N-methyl/N-ethyl adjacent to an activating group) is 1. The van der Waals surface area contributed by atoms with E-state index in [0.29, 0.717) is 26.2 Å². The Labute approximate surface area is 133 Å². The first-order valence-electron chi connectivity index (χ1n) is 8.33. The lowest BCUT2D eigenvalue weighted by molar-refractivity contribution is 0.0933. The van der Waals surface area contributed by atoms with E-state index >= 15 is 0 Å². The molecule has 0 aromatic carbocycles. The van der Waals surface area contributed by atoms with Gasteiger partial charge in [-0.2, -0.15) is 0 Å². The maximum atomic E-state index is 12.5. The van der Waals surface area contributed by atoms with Gasteiger partial charge in [0.15, 0.2) is 0 Å². The third-order valence-corrected chi connectivity index (χ3v) is 4.63. The van der Waals surface area contributed by atoms with Crippen molar-refractivity contribution in [2.24, 2.45) is 0 Å². The monoisotopic (exact) mass is 311 g/mol. The molecule has 0 aliphatic carbocycles. The van der Waals surface area contributed by atoms with Gasteiger partial charge < -0.3 is 24.5 Å². The van der Waals surface area contributed by atoms with Crippen LogP contribution >= 0.6 is 0 Å². The molecule has 4 amide bonds. The molecule has 0 bridgehead atoms. The molecule has 0 N–H and O–H groups in total. The minimum Gasteiger partial charge on any atom is -0.325 e. The molecule has 0 unspecified atom stereocenters. The Balaban J connectivity index is 1.81. The Morgan fingerprint density at radius 2 is 1.18 bits per heavy atom. The molecule has 2 fully saturated rings. The minimum atomic E-state index is 0.0942. The Bertz CT molecular complexity index is 383. The first-order valence-corrected chi connectivity index (χ1v) is 8.33. The van der Waals surface area contributed by atoms with E-state index in [1.54, 1.807) is 0 Å². The van der Waals surface area contributed by atoms with Crippen molar-refractivity contribution in [3.05, 3.63) is 0 Å². The van der Waals surface area contributed by atoms with Gasteiger partial charge in [-0.05, 0) is 20.9 Å². The second-order valence-electron chi connectivity index (χ2n) is 6.00. The largest absolute Gasteiger partial charge is 0.325 e. The molecule has 2 saturated heterocycles. The molecule has 126 valence electrons. The Morgan fingerprint density at radius 3 is 1.64 bits per heavy atom. The summed E-state index contributed by atoms with van der Waals surface area (Å²) in [6.45, 7) is 11.5. The van der Waals surface area contributed by atoms with Crippen molar-refractivity contribution in [2.45, 2.75) is 13.8 Å². The molecule has 0 saturated carbocycles. The summed E-state index contributed by atoms with van der Waals surface area (Å²) in [4.78, 5) is 34.6. The van der Waals surface area contributed by atoms with Gasteiger partial charge in [-0.25, -0.2) is 9.59 Å². The smallest absolute Gasteiger partial charge is 0.320 e. The SMILES string of the molecule is CCN(CC)C(=O)N1CCN(C(=O)N2CCN(C)CC2)CC1. The van der Waals surface area contributed by atoms with Crippen molar-refractivity contribution in [1.82, 2.24) is 24.5 Å². The lowest BCUT2D eigenvalue weighted by atomic mass is 10.3. The summed E-state index contributed by atoms with van der Waals surface area (Å²) in [5.74, 6) is 0. The van der Waals surface area contributed by atoms with Gasteiger partial charge in [0, 0.05) is 65.4 Å². The van der Waals surface area contributed by atoms with E-state index in [4.69, 9.17) is 0 Å². The molecular weight excluding hydrogens is 282 g/mol. The zero-order valence-electron chi connectivity index (χ0n) is 14.1. The number of urea groups is 2. The second-order valence-corrected chi connectivity index (χ2v) is 6.00. The van der Waals surface area contributed by atoms with Gasteiger partial charge in [0.05, 0.1) is 0 Å². The van der Waals surface area contributed by atoms with E-state index in [0.717, 1.165) is 39.3 Å². The van der Waals surface area contributed by atoms with Crippen LogP contribution in [0.1, 0.15) is 13.8 Å². The lowest BCUT2D eigenvalue weighted by Gasteiger charge is -2.40. The van der Waals surface area contributed by atoms with Crippen LogP contribution in [0, 0.1) is 0 Å². The van der Waals surface area contributed by atoms with E-state index in [-0.39, 0.29) is 12.1 Å². The summed E-state index contributed by atoms with van der Waals surface area (Å²) in [6, 6.07) is 0.222. The third kappa shape index (κ3) is 3.82. The first-order chi connectivity index (χ1) is 10.6. The maximum Gasteiger partial charge on any atom is 0.320 e. The van der Waals surface area contributed by atoms with Crippen molar-refractivity contribution in [1.29, 1.82) is 0 Å². The van der Waals surface area contributed by atoms with Gasteiger partial charge in [0.25, 0.3) is 0 Å². The average molecular weight is 311 g/mol. The minimum absolute atomic E-state index is 0.0942. The fourth-order valence-electron chi connectivity index (χ4n) is 2.98. The van der Waals surface area contributed by atoms with Crippen LogP contribution < -0.4 is 0 Å². The molecular formula is C15H29N5O2. The molecule has 7 nitrogen and oxygen atoms in total. The highest BCUT2D eigenvalue weighted by Gasteiger charge is 2.29. The van der Waals surface area contributed by atoms with Crippen molar-refractivity contribution < 1.29 is 9.59 Å². The van der Waals surface area contributed by atoms with Crippen molar-refractivity contribution in [3.8, 4) is 0 Å². The average Bonchev–Trinajstić information content (AvgIpc) is 2.56. The van der Waals surface area contributed by atoms with E-state index in [1.165, 1.54) is 0 Å². The van der Waals surface area contributed by atoms with Gasteiger partial charge in [0.2, 0.25) is 0 Å². The van der Waals surface area contributed by atoms with Crippen LogP contribution in [0.4, 0.5) is 9.59 Å². The fourth-order valence-corrected chi connectivity index (χ4v) is 2.98. The number of amides is 4. The van der Waals surface area contributed by atoms with E-state index in [2.05, 4.69) is 11.9 Å². The van der Waals surface area contributed by atoms with Gasteiger partial charge >= 0.3 is 12.1 Å². The van der Waals surface area contributed by atoms with E-state index in [1.807, 2.05) is 33.4 Å². The second kappa shape index (κ2) is 7.67. The standard InChI is InChI=1S/C15H29N5O2/c1-4-17(5-2)14(21)19-10-12-20(13-11-19)15(22)18-8-6-16(3)7-9-18/h4-13H2,1-3H3. The fraction of sp³-hybridized carbons (Fsp3) is 0.867. The van der Waals surface area contributed by atoms with E-state index in [9.17, 15) is 9.59 Å². The zero-order valence-corrected chi connectivity index (χ0v) is 14.1. The summed E-state index contributed by atoms with van der Waals surface area (Å²) in [7, 11) is 2.08. The quantitative estimate of drug-likeness (QED) is 0.743. The molecule has 0 spiro atoms. The van der Waals surface area contributed by atoms with Gasteiger partial charge in [0.1, 0.15) is 0 Å². The first kappa shape index (κ1) is 16.9. The number of nitrogens with zero attached hydrogens (tertiary/aromatic N) is 5. The van der Waals surface area contributed by atoms with Crippen molar-refractivity contribution >= 4 is 12.1 Å². The van der Waals surface area contributed by atoms with Crippen LogP contribution in [0.2, 0.25) is 0 Å². The Kier molecular flexibility index (Phi) is 5.88. The molecule has 2 heterocycles. The maximum absolute atomic E-state index is 12.5. The summed E-state index contributed by atoms with van der Waals surface area (Å²) in [5, 5.41) is 0. The van der Waals surface area contributed by atoms with Gasteiger partial charge in [-0.15, -0.1) is 0 Å². The Hall–Kier alpha value is -1.50. The molecule has 0 aromatic rings. The van der Waals surface area contributed by atoms with Crippen LogP contribution in [0.15, 0.2) is 0 Å². The van der Waals surface area contributed by atoms with Gasteiger partial charge in [-0.1, -0.05) is 0 Å². The molecule has 0 aromatic heterocycles. The predicted octanol–water partition coefficient (Wildman–Crippen LogP) is 0.433. The van der Waals surface area contributed by atoms with Crippen LogP contribution in [-0.4, -0.2) is 109 Å². The van der Waals surface area contributed by atoms with Crippen molar-refractivity contribution in [3.63, 3.8) is 0 Å². The molecule has 0 radical (unpaired) electrons.